The molecule has 0 fully saturated rings. The maximum atomic E-state index is 8.65. The first-order valence-corrected chi connectivity index (χ1v) is 18.2. The number of hydrogen-bond acceptors (Lipinski definition) is 5. The zero-order valence-electron chi connectivity index (χ0n) is 30.8. The van der Waals surface area contributed by atoms with Crippen LogP contribution in [0.15, 0.2) is 164 Å². The minimum absolute atomic E-state index is 0.350. The SMILES string of the molecule is [2H]C([2H])([2H])c1cccc2sc3c4c(c5ccccc5c3c12)-c1c(ccc2ccccc12)N(c1ccccc1)N4c1nc(-c2ccccc2)c2ccccc2n1. The van der Waals surface area contributed by atoms with Gasteiger partial charge in [0.15, 0.2) is 0 Å². The molecule has 0 saturated carbocycles. The Bertz CT molecular complexity index is 3160. The summed E-state index contributed by atoms with van der Waals surface area (Å²) < 4.78 is 27.8. The van der Waals surface area contributed by atoms with Crippen LogP contribution in [0.2, 0.25) is 0 Å². The molecule has 1 aliphatic rings. The fraction of sp³-hybridized carbons (Fsp3) is 0.0213. The maximum Gasteiger partial charge on any atom is 0.251 e. The van der Waals surface area contributed by atoms with E-state index in [0.29, 0.717) is 11.5 Å². The second-order valence-electron chi connectivity index (χ2n) is 13.1. The molecule has 52 heavy (non-hydrogen) atoms. The van der Waals surface area contributed by atoms with Crippen molar-refractivity contribution < 1.29 is 4.11 Å². The highest BCUT2D eigenvalue weighted by molar-refractivity contribution is 7.26. The van der Waals surface area contributed by atoms with Gasteiger partial charge in [0.2, 0.25) is 0 Å². The average Bonchev–Trinajstić information content (AvgIpc) is 3.63. The van der Waals surface area contributed by atoms with Crippen molar-refractivity contribution in [1.29, 1.82) is 0 Å². The van der Waals surface area contributed by atoms with Crippen molar-refractivity contribution in [2.24, 2.45) is 0 Å². The van der Waals surface area contributed by atoms with Crippen molar-refractivity contribution >= 4 is 87.0 Å². The lowest BCUT2D eigenvalue weighted by atomic mass is 9.87. The van der Waals surface area contributed by atoms with Gasteiger partial charge in [-0.25, -0.2) is 20.0 Å². The van der Waals surface area contributed by atoms with Gasteiger partial charge in [0.05, 0.1) is 33.0 Å². The number of anilines is 4. The standard InChI is InChI=1S/C47H30N4S/c1-29-15-14-26-39-40(29)43-35-23-11-10-22-34(35)42-41-33-21-9-8-16-30(33)27-28-38(41)50(32-19-6-3-7-20-32)51(45(42)46(43)52-39)47-48-37-25-13-12-24-36(37)44(49-47)31-17-4-2-5-18-31/h2-28H,1H3/i1D3. The van der Waals surface area contributed by atoms with E-state index in [1.165, 1.54) is 0 Å². The predicted molar refractivity (Wildman–Crippen MR) is 220 cm³/mol. The van der Waals surface area contributed by atoms with E-state index < -0.39 is 6.85 Å². The third-order valence-electron chi connectivity index (χ3n) is 10.3. The van der Waals surface area contributed by atoms with Gasteiger partial charge in [-0.2, -0.15) is 0 Å². The van der Waals surface area contributed by atoms with Crippen LogP contribution in [0.1, 0.15) is 9.68 Å². The molecule has 5 heteroatoms. The van der Waals surface area contributed by atoms with Gasteiger partial charge in [0.1, 0.15) is 0 Å². The van der Waals surface area contributed by atoms with Crippen LogP contribution < -0.4 is 10.0 Å². The summed E-state index contributed by atoms with van der Waals surface area (Å²) in [5.41, 5.74) is 7.99. The van der Waals surface area contributed by atoms with Gasteiger partial charge in [-0.1, -0.05) is 133 Å². The van der Waals surface area contributed by atoms with Gasteiger partial charge in [0, 0.05) is 41.7 Å². The van der Waals surface area contributed by atoms with Crippen molar-refractivity contribution in [2.45, 2.75) is 6.85 Å². The van der Waals surface area contributed by atoms with Crippen LogP contribution in [-0.4, -0.2) is 9.97 Å². The average molecular weight is 686 g/mol. The molecule has 244 valence electrons. The first kappa shape index (κ1) is 26.3. The summed E-state index contributed by atoms with van der Waals surface area (Å²) in [6.07, 6.45) is 0. The summed E-state index contributed by atoms with van der Waals surface area (Å²) in [4.78, 5) is 10.9. The molecule has 0 aliphatic carbocycles. The fourth-order valence-corrected chi connectivity index (χ4v) is 9.36. The lowest BCUT2D eigenvalue weighted by molar-refractivity contribution is 0.933. The Kier molecular flexibility index (Phi) is 5.67. The molecule has 4 nitrogen and oxygen atoms in total. The summed E-state index contributed by atoms with van der Waals surface area (Å²) >= 11 is 1.63. The number of fused-ring (bicyclic) bond motifs is 13. The summed E-state index contributed by atoms with van der Waals surface area (Å²) in [6.45, 7) is -2.31. The van der Waals surface area contributed by atoms with E-state index in [9.17, 15) is 0 Å². The first-order chi connectivity index (χ1) is 27.0. The van der Waals surface area contributed by atoms with Gasteiger partial charge >= 0.3 is 0 Å². The highest BCUT2D eigenvalue weighted by Gasteiger charge is 2.38. The Hall–Kier alpha value is -6.56. The molecule has 0 bridgehead atoms. The number of nitrogens with zero attached hydrogens (tertiary/aromatic N) is 4. The number of benzene rings is 8. The Balaban J connectivity index is 1.39. The van der Waals surface area contributed by atoms with E-state index in [0.717, 1.165) is 92.1 Å². The van der Waals surface area contributed by atoms with Gasteiger partial charge in [-0.3, -0.25) is 0 Å². The molecule has 8 aromatic carbocycles. The van der Waals surface area contributed by atoms with Crippen LogP contribution in [-0.2, 0) is 0 Å². The molecule has 0 radical (unpaired) electrons. The Labute approximate surface area is 308 Å². The van der Waals surface area contributed by atoms with E-state index in [2.05, 4.69) is 113 Å². The molecule has 0 amide bonds. The van der Waals surface area contributed by atoms with Gasteiger partial charge in [0.25, 0.3) is 5.95 Å². The molecule has 10 aromatic rings. The number of thiophene rings is 1. The van der Waals surface area contributed by atoms with Crippen LogP contribution in [0.3, 0.4) is 0 Å². The normalized spacial score (nSPS) is 13.7. The molecule has 11 rings (SSSR count). The van der Waals surface area contributed by atoms with Gasteiger partial charge in [-0.05, 0) is 64.3 Å². The fourth-order valence-electron chi connectivity index (χ4n) is 8.08. The number of para-hydroxylation sites is 2. The summed E-state index contributed by atoms with van der Waals surface area (Å²) in [7, 11) is 0. The number of aromatic nitrogens is 2. The molecular formula is C47H30N4S. The van der Waals surface area contributed by atoms with Crippen LogP contribution in [0.4, 0.5) is 23.0 Å². The number of rotatable bonds is 3. The molecule has 0 atom stereocenters. The van der Waals surface area contributed by atoms with E-state index >= 15 is 0 Å². The highest BCUT2D eigenvalue weighted by atomic mass is 32.1. The molecule has 0 N–H and O–H groups in total. The first-order valence-electron chi connectivity index (χ1n) is 18.9. The predicted octanol–water partition coefficient (Wildman–Crippen LogP) is 13.2. The quantitative estimate of drug-likeness (QED) is 0.185. The van der Waals surface area contributed by atoms with Gasteiger partial charge in [-0.15, -0.1) is 11.3 Å². The summed E-state index contributed by atoms with van der Waals surface area (Å²) in [5.74, 6) is 0.506. The lowest BCUT2D eigenvalue weighted by Crippen LogP contribution is -2.40. The maximum absolute atomic E-state index is 8.65. The molecule has 1 aliphatic heterocycles. The van der Waals surface area contributed by atoms with Crippen LogP contribution >= 0.6 is 11.3 Å². The zero-order valence-corrected chi connectivity index (χ0v) is 28.6. The van der Waals surface area contributed by atoms with Crippen LogP contribution in [0, 0.1) is 6.85 Å². The van der Waals surface area contributed by atoms with Crippen molar-refractivity contribution in [1.82, 2.24) is 9.97 Å². The summed E-state index contributed by atoms with van der Waals surface area (Å²) in [5, 5.41) is 11.4. The van der Waals surface area contributed by atoms with Crippen LogP contribution in [0.5, 0.6) is 0 Å². The third-order valence-corrected chi connectivity index (χ3v) is 11.4. The molecule has 0 unspecified atom stereocenters. The Morgan fingerprint density at radius 1 is 0.538 bits per heavy atom. The monoisotopic (exact) mass is 685 g/mol. The largest absolute Gasteiger partial charge is 0.251 e. The van der Waals surface area contributed by atoms with Crippen molar-refractivity contribution in [3.8, 4) is 22.4 Å². The summed E-state index contributed by atoms with van der Waals surface area (Å²) in [6, 6.07) is 55.9. The van der Waals surface area contributed by atoms with E-state index in [-0.39, 0.29) is 0 Å². The minimum Gasteiger partial charge on any atom is -0.246 e. The second kappa shape index (κ2) is 11.2. The zero-order chi connectivity index (χ0) is 36.8. The van der Waals surface area contributed by atoms with E-state index in [4.69, 9.17) is 14.1 Å². The number of hydrazine groups is 1. The van der Waals surface area contributed by atoms with Gasteiger partial charge < -0.3 is 0 Å². The molecule has 0 saturated heterocycles. The molecule has 2 aromatic heterocycles. The second-order valence-corrected chi connectivity index (χ2v) is 14.2. The van der Waals surface area contributed by atoms with Crippen molar-refractivity contribution in [3.05, 3.63) is 169 Å². The number of hydrogen-bond donors (Lipinski definition) is 0. The van der Waals surface area contributed by atoms with E-state index in [1.54, 1.807) is 17.4 Å². The molecule has 3 heterocycles. The smallest absolute Gasteiger partial charge is 0.246 e. The van der Waals surface area contributed by atoms with E-state index in [1.807, 2.05) is 54.6 Å². The number of aryl methyl sites for hydroxylation is 1. The minimum atomic E-state index is -2.31. The lowest BCUT2D eigenvalue weighted by Gasteiger charge is -2.43. The van der Waals surface area contributed by atoms with Crippen molar-refractivity contribution in [2.75, 3.05) is 10.0 Å². The highest BCUT2D eigenvalue weighted by Crippen LogP contribution is 2.59. The third kappa shape index (κ3) is 4.14. The Morgan fingerprint density at radius 2 is 1.25 bits per heavy atom. The van der Waals surface area contributed by atoms with Crippen molar-refractivity contribution in [3.63, 3.8) is 0 Å². The topological polar surface area (TPSA) is 32.3 Å². The molecule has 0 spiro atoms. The van der Waals surface area contributed by atoms with Crippen LogP contribution in [0.25, 0.3) is 75.0 Å². The molecular weight excluding hydrogens is 653 g/mol. The Morgan fingerprint density at radius 3 is 2.08 bits per heavy atom.